The van der Waals surface area contributed by atoms with Crippen LogP contribution in [0.4, 0.5) is 0 Å². The second-order valence-electron chi connectivity index (χ2n) is 3.08. The van der Waals surface area contributed by atoms with Gasteiger partial charge in [0.1, 0.15) is 0 Å². The third kappa shape index (κ3) is 3.05. The standard InChI is InChI=1S/C12H14O2/c1-10(12(13)14-2)8-9-11-6-4-3-5-7-11/h3-10H,1-2H3/b9-8+. The summed E-state index contributed by atoms with van der Waals surface area (Å²) in [7, 11) is 1.40. The largest absolute Gasteiger partial charge is 0.469 e. The number of esters is 1. The molecule has 14 heavy (non-hydrogen) atoms. The summed E-state index contributed by atoms with van der Waals surface area (Å²) in [5.74, 6) is -0.405. The predicted molar refractivity (Wildman–Crippen MR) is 56.7 cm³/mol. The summed E-state index contributed by atoms with van der Waals surface area (Å²) in [6.07, 6.45) is 3.75. The fraction of sp³-hybridized carbons (Fsp3) is 0.250. The maximum absolute atomic E-state index is 11.1. The van der Waals surface area contributed by atoms with Crippen LogP contribution >= 0.6 is 0 Å². The first kappa shape index (κ1) is 10.5. The van der Waals surface area contributed by atoms with E-state index in [9.17, 15) is 4.79 Å². The van der Waals surface area contributed by atoms with Crippen molar-refractivity contribution in [3.8, 4) is 0 Å². The first-order valence-electron chi connectivity index (χ1n) is 4.55. The molecule has 74 valence electrons. The van der Waals surface area contributed by atoms with Crippen molar-refractivity contribution in [1.82, 2.24) is 0 Å². The zero-order valence-electron chi connectivity index (χ0n) is 8.44. The summed E-state index contributed by atoms with van der Waals surface area (Å²) in [6.45, 7) is 1.81. The number of ether oxygens (including phenoxy) is 1. The van der Waals surface area contributed by atoms with Crippen LogP contribution in [0.3, 0.4) is 0 Å². The fourth-order valence-electron chi connectivity index (χ4n) is 1.08. The van der Waals surface area contributed by atoms with Crippen molar-refractivity contribution in [2.75, 3.05) is 7.11 Å². The number of methoxy groups -OCH3 is 1. The maximum atomic E-state index is 11.1. The van der Waals surface area contributed by atoms with Crippen LogP contribution < -0.4 is 0 Å². The molecule has 2 heteroatoms. The van der Waals surface area contributed by atoms with Crippen molar-refractivity contribution in [3.05, 3.63) is 42.0 Å². The number of carbonyl (C=O) groups is 1. The molecule has 0 aliphatic carbocycles. The van der Waals surface area contributed by atoms with Gasteiger partial charge in [-0.25, -0.2) is 0 Å². The molecule has 0 spiro atoms. The van der Waals surface area contributed by atoms with Gasteiger partial charge in [-0.2, -0.15) is 0 Å². The molecule has 0 aliphatic rings. The van der Waals surface area contributed by atoms with E-state index in [1.54, 1.807) is 0 Å². The van der Waals surface area contributed by atoms with E-state index >= 15 is 0 Å². The molecule has 0 saturated carbocycles. The molecular weight excluding hydrogens is 176 g/mol. The minimum Gasteiger partial charge on any atom is -0.469 e. The highest BCUT2D eigenvalue weighted by molar-refractivity contribution is 5.75. The Morgan fingerprint density at radius 2 is 2.00 bits per heavy atom. The van der Waals surface area contributed by atoms with Gasteiger partial charge in [0.05, 0.1) is 13.0 Å². The van der Waals surface area contributed by atoms with Gasteiger partial charge in [-0.15, -0.1) is 0 Å². The molecule has 1 aromatic carbocycles. The van der Waals surface area contributed by atoms with E-state index < -0.39 is 0 Å². The number of rotatable bonds is 3. The molecule has 0 amide bonds. The minimum atomic E-state index is -0.211. The van der Waals surface area contributed by atoms with Gasteiger partial charge >= 0.3 is 5.97 Å². The lowest BCUT2D eigenvalue weighted by molar-refractivity contribution is -0.143. The molecule has 0 heterocycles. The maximum Gasteiger partial charge on any atom is 0.312 e. The van der Waals surface area contributed by atoms with Gasteiger partial charge in [-0.05, 0) is 12.5 Å². The quantitative estimate of drug-likeness (QED) is 0.684. The van der Waals surface area contributed by atoms with Crippen LogP contribution in [0.15, 0.2) is 36.4 Å². The van der Waals surface area contributed by atoms with Gasteiger partial charge in [-0.3, -0.25) is 4.79 Å². The lowest BCUT2D eigenvalue weighted by Crippen LogP contribution is -2.09. The van der Waals surface area contributed by atoms with Crippen molar-refractivity contribution < 1.29 is 9.53 Å². The molecule has 0 radical (unpaired) electrons. The van der Waals surface area contributed by atoms with E-state index in [1.165, 1.54) is 7.11 Å². The van der Waals surface area contributed by atoms with Crippen LogP contribution in [-0.4, -0.2) is 13.1 Å². The second kappa shape index (κ2) is 5.22. The average molecular weight is 190 g/mol. The summed E-state index contributed by atoms with van der Waals surface area (Å²) < 4.78 is 4.61. The Labute approximate surface area is 84.2 Å². The Kier molecular flexibility index (Phi) is 3.92. The summed E-state index contributed by atoms with van der Waals surface area (Å²) in [4.78, 5) is 11.1. The lowest BCUT2D eigenvalue weighted by Gasteiger charge is -2.02. The molecule has 0 bridgehead atoms. The molecule has 0 saturated heterocycles. The van der Waals surface area contributed by atoms with Crippen LogP contribution in [0, 0.1) is 5.92 Å². The monoisotopic (exact) mass is 190 g/mol. The number of benzene rings is 1. The second-order valence-corrected chi connectivity index (χ2v) is 3.08. The SMILES string of the molecule is COC(=O)C(C)/C=C/c1ccccc1. The van der Waals surface area contributed by atoms with Crippen LogP contribution in [0.5, 0.6) is 0 Å². The zero-order valence-corrected chi connectivity index (χ0v) is 8.44. The van der Waals surface area contributed by atoms with Gasteiger partial charge in [0, 0.05) is 0 Å². The highest BCUT2D eigenvalue weighted by atomic mass is 16.5. The molecule has 0 fully saturated rings. The van der Waals surface area contributed by atoms with E-state index in [-0.39, 0.29) is 11.9 Å². The third-order valence-electron chi connectivity index (χ3n) is 1.95. The van der Waals surface area contributed by atoms with E-state index in [2.05, 4.69) is 4.74 Å². The topological polar surface area (TPSA) is 26.3 Å². The molecular formula is C12H14O2. The minimum absolute atomic E-state index is 0.194. The smallest absolute Gasteiger partial charge is 0.312 e. The van der Waals surface area contributed by atoms with Crippen LogP contribution in [-0.2, 0) is 9.53 Å². The number of hydrogen-bond donors (Lipinski definition) is 0. The predicted octanol–water partition coefficient (Wildman–Crippen LogP) is 2.51. The van der Waals surface area contributed by atoms with Crippen molar-refractivity contribution in [2.45, 2.75) is 6.92 Å². The van der Waals surface area contributed by atoms with Crippen LogP contribution in [0.25, 0.3) is 6.08 Å². The zero-order chi connectivity index (χ0) is 10.4. The molecule has 1 unspecified atom stereocenters. The third-order valence-corrected chi connectivity index (χ3v) is 1.95. The van der Waals surface area contributed by atoms with Gasteiger partial charge in [0.15, 0.2) is 0 Å². The van der Waals surface area contributed by atoms with Crippen LogP contribution in [0.2, 0.25) is 0 Å². The van der Waals surface area contributed by atoms with E-state index in [0.29, 0.717) is 0 Å². The number of hydrogen-bond acceptors (Lipinski definition) is 2. The van der Waals surface area contributed by atoms with Gasteiger partial charge in [0.2, 0.25) is 0 Å². The first-order chi connectivity index (χ1) is 6.74. The van der Waals surface area contributed by atoms with Gasteiger partial charge < -0.3 is 4.74 Å². The molecule has 1 aromatic rings. The molecule has 1 atom stereocenters. The fourth-order valence-corrected chi connectivity index (χ4v) is 1.08. The molecule has 2 nitrogen and oxygen atoms in total. The average Bonchev–Trinajstić information content (AvgIpc) is 2.26. The normalized spacial score (nSPS) is 12.7. The van der Waals surface area contributed by atoms with Crippen molar-refractivity contribution in [1.29, 1.82) is 0 Å². The van der Waals surface area contributed by atoms with E-state index in [1.807, 2.05) is 49.4 Å². The Bertz CT molecular complexity index is 314. The summed E-state index contributed by atoms with van der Waals surface area (Å²) >= 11 is 0. The lowest BCUT2D eigenvalue weighted by atomic mass is 10.1. The Hall–Kier alpha value is -1.57. The summed E-state index contributed by atoms with van der Waals surface area (Å²) in [5, 5.41) is 0. The Balaban J connectivity index is 2.60. The van der Waals surface area contributed by atoms with E-state index in [0.717, 1.165) is 5.56 Å². The van der Waals surface area contributed by atoms with Gasteiger partial charge in [-0.1, -0.05) is 42.5 Å². The number of carbonyl (C=O) groups excluding carboxylic acids is 1. The van der Waals surface area contributed by atoms with E-state index in [4.69, 9.17) is 0 Å². The highest BCUT2D eigenvalue weighted by Gasteiger charge is 2.07. The summed E-state index contributed by atoms with van der Waals surface area (Å²) in [5.41, 5.74) is 1.09. The van der Waals surface area contributed by atoms with Crippen molar-refractivity contribution >= 4 is 12.0 Å². The van der Waals surface area contributed by atoms with Crippen molar-refractivity contribution in [3.63, 3.8) is 0 Å². The molecule has 0 N–H and O–H groups in total. The Morgan fingerprint density at radius 3 is 2.57 bits per heavy atom. The Morgan fingerprint density at radius 1 is 1.36 bits per heavy atom. The summed E-state index contributed by atoms with van der Waals surface area (Å²) in [6, 6.07) is 9.85. The first-order valence-corrected chi connectivity index (χ1v) is 4.55. The highest BCUT2D eigenvalue weighted by Crippen LogP contribution is 2.06. The molecule has 0 aromatic heterocycles. The van der Waals surface area contributed by atoms with Gasteiger partial charge in [0.25, 0.3) is 0 Å². The van der Waals surface area contributed by atoms with Crippen molar-refractivity contribution in [2.24, 2.45) is 5.92 Å². The molecule has 1 rings (SSSR count). The molecule has 0 aliphatic heterocycles. The van der Waals surface area contributed by atoms with Crippen LogP contribution in [0.1, 0.15) is 12.5 Å².